The van der Waals surface area contributed by atoms with Crippen molar-refractivity contribution in [1.29, 1.82) is 0 Å². The molecule has 6 heterocycles. The molecular formula is C49H52FN7O7. The Morgan fingerprint density at radius 1 is 0.891 bits per heavy atom. The first-order chi connectivity index (χ1) is 30.6. The number of likely N-dealkylation sites (tertiary alicyclic amines) is 1. The molecule has 4 aliphatic rings. The molecule has 3 aromatic carbocycles. The van der Waals surface area contributed by atoms with E-state index in [-0.39, 0.29) is 48.3 Å². The molecule has 5 aromatic rings. The van der Waals surface area contributed by atoms with Crippen molar-refractivity contribution < 1.29 is 37.8 Å². The van der Waals surface area contributed by atoms with Crippen molar-refractivity contribution in [3.05, 3.63) is 107 Å². The van der Waals surface area contributed by atoms with Crippen LogP contribution in [0.3, 0.4) is 0 Å². The average molecular weight is 870 g/mol. The van der Waals surface area contributed by atoms with Crippen molar-refractivity contribution >= 4 is 52.1 Å². The lowest BCUT2D eigenvalue weighted by molar-refractivity contribution is -0.136. The number of halogens is 1. The number of nitrogens with zero attached hydrogens (tertiary/aromatic N) is 5. The third-order valence-electron chi connectivity index (χ3n) is 12.8. The fourth-order valence-electron chi connectivity index (χ4n) is 9.57. The van der Waals surface area contributed by atoms with Gasteiger partial charge >= 0.3 is 6.09 Å². The zero-order valence-corrected chi connectivity index (χ0v) is 36.7. The number of carbonyl (C=O) groups is 5. The molecule has 0 bridgehead atoms. The van der Waals surface area contributed by atoms with Crippen LogP contribution in [0, 0.1) is 12.7 Å². The minimum absolute atomic E-state index is 0.0216. The topological polar surface area (TPSA) is 155 Å². The number of aryl methyl sites for hydroxylation is 1. The van der Waals surface area contributed by atoms with Crippen molar-refractivity contribution in [2.75, 3.05) is 36.9 Å². The Labute approximate surface area is 370 Å². The van der Waals surface area contributed by atoms with Crippen LogP contribution < -0.4 is 20.3 Å². The van der Waals surface area contributed by atoms with Gasteiger partial charge in [-0.2, -0.15) is 0 Å². The van der Waals surface area contributed by atoms with Gasteiger partial charge in [0.2, 0.25) is 11.8 Å². The van der Waals surface area contributed by atoms with Gasteiger partial charge in [-0.25, -0.2) is 18.7 Å². The Kier molecular flexibility index (Phi) is 11.2. The van der Waals surface area contributed by atoms with Gasteiger partial charge in [-0.05, 0) is 125 Å². The molecule has 2 N–H and O–H groups in total. The number of nitrogens with one attached hydrogen (secondary N) is 2. The van der Waals surface area contributed by atoms with E-state index in [4.69, 9.17) is 9.47 Å². The number of pyridine rings is 1. The molecule has 0 aliphatic carbocycles. The van der Waals surface area contributed by atoms with E-state index in [0.717, 1.165) is 58.5 Å². The number of hydrogen-bond donors (Lipinski definition) is 2. The Balaban J connectivity index is 0.830. The van der Waals surface area contributed by atoms with Crippen LogP contribution in [0.4, 0.5) is 20.7 Å². The zero-order chi connectivity index (χ0) is 45.0. The number of fused-ring (bicyclic) bond motifs is 2. The van der Waals surface area contributed by atoms with Crippen LogP contribution in [-0.2, 0) is 20.9 Å². The molecule has 1 unspecified atom stereocenters. The number of anilines is 2. The fourth-order valence-corrected chi connectivity index (χ4v) is 9.57. The Morgan fingerprint density at radius 2 is 1.67 bits per heavy atom. The summed E-state index contributed by atoms with van der Waals surface area (Å²) in [4.78, 5) is 75.1. The number of benzene rings is 3. The number of amides is 4. The molecular weight excluding hydrogens is 818 g/mol. The summed E-state index contributed by atoms with van der Waals surface area (Å²) in [6.45, 7) is 9.90. The molecule has 4 amide bonds. The van der Waals surface area contributed by atoms with Crippen LogP contribution in [0.5, 0.6) is 5.75 Å². The molecule has 2 aromatic heterocycles. The van der Waals surface area contributed by atoms with Gasteiger partial charge in [0.25, 0.3) is 11.8 Å². The lowest BCUT2D eigenvalue weighted by atomic mass is 9.94. The lowest BCUT2D eigenvalue weighted by Gasteiger charge is -2.34. The zero-order valence-electron chi connectivity index (χ0n) is 36.7. The smallest absolute Gasteiger partial charge is 0.419 e. The SMILES string of the molecule is Cc1cc(OC2CCN(c3ccc(C(=O)Nc4cc5c(cn4)cc([C@H]4CCCN4C)n5C(=O)OC(C)(C)C)c(F)c3)CC2)ccc1-c1cccc2c1CN(C1CCC(=O)NC1=O)C2=O. The number of carbonyl (C=O) groups excluding carboxylic acids is 5. The standard InChI is InChI=1S/C49H52FN7O7/c1-28-22-32(12-14-33(28)34-8-6-9-35-37(34)27-56(47(35)61)40-15-16-44(58)53-46(40)60)63-31-17-20-55(21-18-31)30-11-13-36(38(50)24-30)45(59)52-43-25-41-29(26-51-43)23-42(39-10-7-19-54(39)5)57(41)48(62)64-49(2,3)4/h6,8-9,11-14,22-26,31,39-40H,7,10,15-21,27H2,1-5H3,(H,51,52,59)(H,53,58,60)/t39-,40?/m1/s1. The summed E-state index contributed by atoms with van der Waals surface area (Å²) in [5, 5.41) is 5.82. The van der Waals surface area contributed by atoms with E-state index in [1.54, 1.807) is 33.9 Å². The largest absolute Gasteiger partial charge is 0.490 e. The maximum atomic E-state index is 15.7. The molecule has 0 spiro atoms. The second-order valence-corrected chi connectivity index (χ2v) is 18.3. The van der Waals surface area contributed by atoms with E-state index >= 15 is 4.39 Å². The van der Waals surface area contributed by atoms with Gasteiger partial charge in [0.05, 0.1) is 17.1 Å². The summed E-state index contributed by atoms with van der Waals surface area (Å²) in [7, 11) is 2.03. The molecule has 3 saturated heterocycles. The molecule has 4 aliphatic heterocycles. The lowest BCUT2D eigenvalue weighted by Crippen LogP contribution is -2.52. The monoisotopic (exact) mass is 869 g/mol. The number of aromatic nitrogens is 2. The number of ether oxygens (including phenoxy) is 2. The van der Waals surface area contributed by atoms with Gasteiger partial charge in [0.15, 0.2) is 0 Å². The van der Waals surface area contributed by atoms with Crippen LogP contribution >= 0.6 is 0 Å². The van der Waals surface area contributed by atoms with Gasteiger partial charge in [-0.1, -0.05) is 18.2 Å². The molecule has 3 fully saturated rings. The number of piperidine rings is 2. The van der Waals surface area contributed by atoms with E-state index < -0.39 is 35.4 Å². The van der Waals surface area contributed by atoms with Gasteiger partial charge in [0, 0.05) is 73.5 Å². The molecule has 14 nitrogen and oxygen atoms in total. The van der Waals surface area contributed by atoms with Crippen LogP contribution in [-0.4, -0.2) is 93.5 Å². The molecule has 64 heavy (non-hydrogen) atoms. The fraction of sp³-hybridized carbons (Fsp3) is 0.388. The minimum Gasteiger partial charge on any atom is -0.490 e. The summed E-state index contributed by atoms with van der Waals surface area (Å²) in [6.07, 6.45) is 4.83. The third kappa shape index (κ3) is 8.31. The van der Waals surface area contributed by atoms with E-state index in [9.17, 15) is 24.0 Å². The Bertz CT molecular complexity index is 2720. The number of hydrogen-bond acceptors (Lipinski definition) is 10. The van der Waals surface area contributed by atoms with Crippen molar-refractivity contribution in [2.45, 2.75) is 96.6 Å². The summed E-state index contributed by atoms with van der Waals surface area (Å²) in [5.74, 6) is -1.38. The summed E-state index contributed by atoms with van der Waals surface area (Å²) >= 11 is 0. The molecule has 0 radical (unpaired) electrons. The van der Waals surface area contributed by atoms with Crippen molar-refractivity contribution in [3.8, 4) is 16.9 Å². The van der Waals surface area contributed by atoms with Gasteiger partial charge in [-0.3, -0.25) is 29.4 Å². The van der Waals surface area contributed by atoms with Crippen molar-refractivity contribution in [2.24, 2.45) is 0 Å². The molecule has 332 valence electrons. The Morgan fingerprint density at radius 3 is 2.38 bits per heavy atom. The molecule has 15 heteroatoms. The number of imide groups is 1. The molecule has 2 atom stereocenters. The summed E-state index contributed by atoms with van der Waals surface area (Å²) < 4.78 is 29.5. The van der Waals surface area contributed by atoms with E-state index in [1.165, 1.54) is 12.1 Å². The molecule has 9 rings (SSSR count). The van der Waals surface area contributed by atoms with Crippen LogP contribution in [0.15, 0.2) is 72.9 Å². The first kappa shape index (κ1) is 42.7. The second kappa shape index (κ2) is 16.8. The van der Waals surface area contributed by atoms with Crippen molar-refractivity contribution in [1.82, 2.24) is 24.7 Å². The van der Waals surface area contributed by atoms with Gasteiger partial charge in [0.1, 0.15) is 35.1 Å². The summed E-state index contributed by atoms with van der Waals surface area (Å²) in [5.41, 5.74) is 5.43. The highest BCUT2D eigenvalue weighted by atomic mass is 19.1. The van der Waals surface area contributed by atoms with Crippen LogP contribution in [0.25, 0.3) is 22.0 Å². The van der Waals surface area contributed by atoms with Gasteiger partial charge in [-0.15, -0.1) is 0 Å². The highest BCUT2D eigenvalue weighted by Gasteiger charge is 2.40. The summed E-state index contributed by atoms with van der Waals surface area (Å²) in [6, 6.07) is 19.1. The first-order valence-electron chi connectivity index (χ1n) is 22.0. The average Bonchev–Trinajstić information content (AvgIpc) is 3.95. The maximum Gasteiger partial charge on any atom is 0.419 e. The highest BCUT2D eigenvalue weighted by molar-refractivity contribution is 6.07. The van der Waals surface area contributed by atoms with E-state index in [1.807, 2.05) is 71.1 Å². The van der Waals surface area contributed by atoms with E-state index in [2.05, 4.69) is 25.4 Å². The third-order valence-corrected chi connectivity index (χ3v) is 12.8. The Hall–Kier alpha value is -6.61. The predicted octanol–water partition coefficient (Wildman–Crippen LogP) is 7.76. The molecule has 0 saturated carbocycles. The predicted molar refractivity (Wildman–Crippen MR) is 239 cm³/mol. The normalized spacial score (nSPS) is 19.6. The minimum atomic E-state index is -0.720. The second-order valence-electron chi connectivity index (χ2n) is 18.3. The first-order valence-corrected chi connectivity index (χ1v) is 22.0. The number of rotatable bonds is 8. The van der Waals surface area contributed by atoms with Crippen molar-refractivity contribution in [3.63, 3.8) is 0 Å². The van der Waals surface area contributed by atoms with Crippen LogP contribution in [0.2, 0.25) is 0 Å². The quantitative estimate of drug-likeness (QED) is 0.148. The van der Waals surface area contributed by atoms with Gasteiger partial charge < -0.3 is 24.6 Å². The van der Waals surface area contributed by atoms with Crippen LogP contribution in [0.1, 0.15) is 103 Å². The maximum absolute atomic E-state index is 15.7. The highest BCUT2D eigenvalue weighted by Crippen LogP contribution is 2.38. The van der Waals surface area contributed by atoms with E-state index in [0.29, 0.717) is 49.1 Å².